The van der Waals surface area contributed by atoms with E-state index in [0.29, 0.717) is 6.04 Å². The summed E-state index contributed by atoms with van der Waals surface area (Å²) in [7, 11) is 0. The van der Waals surface area contributed by atoms with Crippen molar-refractivity contribution in [2.45, 2.75) is 39.3 Å². The second kappa shape index (κ2) is 6.71. The highest BCUT2D eigenvalue weighted by Gasteiger charge is 2.24. The summed E-state index contributed by atoms with van der Waals surface area (Å²) >= 11 is 0. The number of carboxylic acids is 1. The zero-order chi connectivity index (χ0) is 14.5. The summed E-state index contributed by atoms with van der Waals surface area (Å²) in [5.74, 6) is -0.176. The molecule has 108 valence electrons. The molecule has 0 aliphatic carbocycles. The average Bonchev–Trinajstić information content (AvgIpc) is 2.43. The Bertz CT molecular complexity index is 496. The first-order valence-electron chi connectivity index (χ1n) is 7.31. The Hall–Kier alpha value is -1.61. The van der Waals surface area contributed by atoms with Crippen LogP contribution in [0.5, 0.6) is 0 Å². The second-order valence-corrected chi connectivity index (χ2v) is 5.70. The van der Waals surface area contributed by atoms with Gasteiger partial charge >= 0.3 is 5.97 Å². The Morgan fingerprint density at radius 3 is 2.90 bits per heavy atom. The predicted molar refractivity (Wildman–Crippen MR) is 81.4 cm³/mol. The molecule has 0 radical (unpaired) electrons. The number of likely N-dealkylation sites (tertiary alicyclic amines) is 1. The lowest BCUT2D eigenvalue weighted by Gasteiger charge is -2.38. The van der Waals surface area contributed by atoms with Crippen molar-refractivity contribution in [3.63, 3.8) is 0 Å². The molecule has 0 amide bonds. The molecule has 3 heteroatoms. The monoisotopic (exact) mass is 273 g/mol. The molecule has 1 N–H and O–H groups in total. The fraction of sp³-hybridized carbons (Fsp3) is 0.471. The highest BCUT2D eigenvalue weighted by atomic mass is 16.4. The number of benzene rings is 1. The third kappa shape index (κ3) is 3.70. The van der Waals surface area contributed by atoms with Crippen molar-refractivity contribution in [2.24, 2.45) is 5.92 Å². The van der Waals surface area contributed by atoms with Gasteiger partial charge in [-0.05, 0) is 49.4 Å². The van der Waals surface area contributed by atoms with Crippen LogP contribution >= 0.6 is 0 Å². The lowest BCUT2D eigenvalue weighted by atomic mass is 9.91. The molecule has 1 saturated heterocycles. The Balaban J connectivity index is 2.14. The van der Waals surface area contributed by atoms with Crippen molar-refractivity contribution in [3.05, 3.63) is 41.5 Å². The summed E-state index contributed by atoms with van der Waals surface area (Å²) in [5, 5.41) is 8.77. The summed E-state index contributed by atoms with van der Waals surface area (Å²) < 4.78 is 0. The summed E-state index contributed by atoms with van der Waals surface area (Å²) in [4.78, 5) is 13.2. The summed E-state index contributed by atoms with van der Waals surface area (Å²) in [5.41, 5.74) is 2.20. The summed E-state index contributed by atoms with van der Waals surface area (Å²) in [6.45, 7) is 6.63. The van der Waals surface area contributed by atoms with E-state index in [4.69, 9.17) is 5.11 Å². The van der Waals surface area contributed by atoms with E-state index in [1.807, 2.05) is 18.2 Å². The molecule has 20 heavy (non-hydrogen) atoms. The first-order chi connectivity index (χ1) is 9.58. The van der Waals surface area contributed by atoms with E-state index in [1.54, 1.807) is 6.08 Å². The van der Waals surface area contributed by atoms with Gasteiger partial charge < -0.3 is 5.11 Å². The number of carboxylic acid groups (broad SMARTS) is 1. The van der Waals surface area contributed by atoms with Gasteiger partial charge in [-0.2, -0.15) is 0 Å². The highest BCUT2D eigenvalue weighted by Crippen LogP contribution is 2.25. The third-order valence-electron chi connectivity index (χ3n) is 4.34. The first-order valence-corrected chi connectivity index (χ1v) is 7.31. The molecular formula is C17H23NO2. The molecule has 2 atom stereocenters. The fourth-order valence-corrected chi connectivity index (χ4v) is 2.86. The first kappa shape index (κ1) is 14.8. The van der Waals surface area contributed by atoms with Crippen LogP contribution in [-0.2, 0) is 11.3 Å². The normalized spacial score (nSPS) is 24.1. The predicted octanol–water partition coefficient (Wildman–Crippen LogP) is 3.40. The van der Waals surface area contributed by atoms with Crippen LogP contribution in [0.2, 0.25) is 0 Å². The SMILES string of the molecule is CC1CCCN(Cc2ccccc2C=CC(=O)O)C1C. The number of aliphatic carboxylic acids is 1. The molecule has 3 nitrogen and oxygen atoms in total. The molecule has 0 bridgehead atoms. The minimum absolute atomic E-state index is 0.584. The molecular weight excluding hydrogens is 250 g/mol. The third-order valence-corrected chi connectivity index (χ3v) is 4.34. The van der Waals surface area contributed by atoms with E-state index < -0.39 is 5.97 Å². The zero-order valence-corrected chi connectivity index (χ0v) is 12.2. The highest BCUT2D eigenvalue weighted by molar-refractivity contribution is 5.85. The fourth-order valence-electron chi connectivity index (χ4n) is 2.86. The van der Waals surface area contributed by atoms with Crippen LogP contribution in [0, 0.1) is 5.92 Å². The summed E-state index contributed by atoms with van der Waals surface area (Å²) in [6.07, 6.45) is 5.45. The average molecular weight is 273 g/mol. The van der Waals surface area contributed by atoms with Gasteiger partial charge in [-0.25, -0.2) is 4.79 Å². The van der Waals surface area contributed by atoms with Gasteiger partial charge in [0.25, 0.3) is 0 Å². The van der Waals surface area contributed by atoms with Crippen LogP contribution < -0.4 is 0 Å². The maximum absolute atomic E-state index is 10.7. The number of nitrogens with zero attached hydrogens (tertiary/aromatic N) is 1. The molecule has 1 fully saturated rings. The minimum atomic E-state index is -0.903. The molecule has 1 aromatic carbocycles. The van der Waals surface area contributed by atoms with Gasteiger partial charge in [0.2, 0.25) is 0 Å². The van der Waals surface area contributed by atoms with Crippen molar-refractivity contribution >= 4 is 12.0 Å². The van der Waals surface area contributed by atoms with E-state index in [2.05, 4.69) is 24.8 Å². The number of hydrogen-bond donors (Lipinski definition) is 1. The smallest absolute Gasteiger partial charge is 0.328 e. The van der Waals surface area contributed by atoms with E-state index in [0.717, 1.165) is 24.6 Å². The molecule has 0 saturated carbocycles. The van der Waals surface area contributed by atoms with Crippen LogP contribution in [0.3, 0.4) is 0 Å². The molecule has 1 aromatic rings. The summed E-state index contributed by atoms with van der Waals surface area (Å²) in [6, 6.07) is 8.62. The zero-order valence-electron chi connectivity index (χ0n) is 12.2. The van der Waals surface area contributed by atoms with Crippen LogP contribution in [0.15, 0.2) is 30.3 Å². The number of hydrogen-bond acceptors (Lipinski definition) is 2. The maximum atomic E-state index is 10.7. The van der Waals surface area contributed by atoms with Gasteiger partial charge in [0.15, 0.2) is 0 Å². The van der Waals surface area contributed by atoms with E-state index >= 15 is 0 Å². The lowest BCUT2D eigenvalue weighted by molar-refractivity contribution is -0.131. The molecule has 1 aliphatic rings. The number of carbonyl (C=O) groups is 1. The second-order valence-electron chi connectivity index (χ2n) is 5.70. The standard InChI is InChI=1S/C17H23NO2/c1-13-6-5-11-18(14(13)2)12-16-8-4-3-7-15(16)9-10-17(19)20/h3-4,7-10,13-14H,5-6,11-12H2,1-2H3,(H,19,20). The Morgan fingerprint density at radius 1 is 1.40 bits per heavy atom. The minimum Gasteiger partial charge on any atom is -0.478 e. The number of rotatable bonds is 4. The van der Waals surface area contributed by atoms with E-state index in [9.17, 15) is 4.79 Å². The van der Waals surface area contributed by atoms with Crippen LogP contribution in [0.1, 0.15) is 37.8 Å². The van der Waals surface area contributed by atoms with Gasteiger partial charge in [0.05, 0.1) is 0 Å². The van der Waals surface area contributed by atoms with Crippen molar-refractivity contribution in [2.75, 3.05) is 6.54 Å². The van der Waals surface area contributed by atoms with Crippen LogP contribution in [0.4, 0.5) is 0 Å². The molecule has 0 aromatic heterocycles. The van der Waals surface area contributed by atoms with Gasteiger partial charge in [0, 0.05) is 18.7 Å². The van der Waals surface area contributed by atoms with E-state index in [-0.39, 0.29) is 0 Å². The molecule has 2 rings (SSSR count). The van der Waals surface area contributed by atoms with Gasteiger partial charge in [0.1, 0.15) is 0 Å². The van der Waals surface area contributed by atoms with E-state index in [1.165, 1.54) is 24.5 Å². The van der Waals surface area contributed by atoms with Crippen molar-refractivity contribution in [1.29, 1.82) is 0 Å². The molecule has 1 aliphatic heterocycles. The Labute approximate surface area is 120 Å². The van der Waals surface area contributed by atoms with Gasteiger partial charge in [-0.1, -0.05) is 31.2 Å². The largest absolute Gasteiger partial charge is 0.478 e. The Kier molecular flexibility index (Phi) is 4.96. The molecule has 0 spiro atoms. The molecule has 1 heterocycles. The van der Waals surface area contributed by atoms with Crippen molar-refractivity contribution < 1.29 is 9.90 Å². The van der Waals surface area contributed by atoms with Crippen LogP contribution in [0.25, 0.3) is 6.08 Å². The number of piperidine rings is 1. The molecule has 2 unspecified atom stereocenters. The quantitative estimate of drug-likeness (QED) is 0.855. The van der Waals surface area contributed by atoms with Gasteiger partial charge in [-0.15, -0.1) is 0 Å². The van der Waals surface area contributed by atoms with Crippen LogP contribution in [-0.4, -0.2) is 28.6 Å². The lowest BCUT2D eigenvalue weighted by Crippen LogP contribution is -2.41. The maximum Gasteiger partial charge on any atom is 0.328 e. The van der Waals surface area contributed by atoms with Crippen molar-refractivity contribution in [1.82, 2.24) is 4.90 Å². The Morgan fingerprint density at radius 2 is 2.15 bits per heavy atom. The van der Waals surface area contributed by atoms with Gasteiger partial charge in [-0.3, -0.25) is 4.90 Å². The topological polar surface area (TPSA) is 40.5 Å². The van der Waals surface area contributed by atoms with Crippen molar-refractivity contribution in [3.8, 4) is 0 Å².